The van der Waals surface area contributed by atoms with Crippen LogP contribution < -0.4 is 15.0 Å². The minimum Gasteiger partial charge on any atom is -0.497 e. The van der Waals surface area contributed by atoms with Crippen molar-refractivity contribution in [2.75, 3.05) is 19.1 Å². The lowest BCUT2D eigenvalue weighted by molar-refractivity contribution is -0.152. The zero-order valence-corrected chi connectivity index (χ0v) is 20.6. The van der Waals surface area contributed by atoms with Crippen LogP contribution in [-0.2, 0) is 25.5 Å². The molecule has 2 fully saturated rings. The summed E-state index contributed by atoms with van der Waals surface area (Å²) in [4.78, 5) is 42.6. The van der Waals surface area contributed by atoms with Crippen LogP contribution in [0.3, 0.4) is 0 Å². The average Bonchev–Trinajstić information content (AvgIpc) is 3.38. The second kappa shape index (κ2) is 9.41. The number of methoxy groups -OCH3 is 2. The van der Waals surface area contributed by atoms with Gasteiger partial charge in [0.25, 0.3) is 0 Å². The maximum Gasteiger partial charge on any atom is 0.327 e. The van der Waals surface area contributed by atoms with E-state index in [-0.39, 0.29) is 12.3 Å². The lowest BCUT2D eigenvalue weighted by Crippen LogP contribution is -2.57. The quantitative estimate of drug-likeness (QED) is 0.404. The van der Waals surface area contributed by atoms with Crippen LogP contribution in [0.25, 0.3) is 0 Å². The smallest absolute Gasteiger partial charge is 0.327 e. The van der Waals surface area contributed by atoms with Gasteiger partial charge >= 0.3 is 5.97 Å². The fraction of sp³-hybridized carbons (Fsp3) is 0.250. The van der Waals surface area contributed by atoms with Gasteiger partial charge in [0.15, 0.2) is 0 Å². The third-order valence-corrected chi connectivity index (χ3v) is 7.34. The fourth-order valence-corrected chi connectivity index (χ4v) is 5.59. The first-order valence-electron chi connectivity index (χ1n) is 11.6. The van der Waals surface area contributed by atoms with Gasteiger partial charge in [-0.15, -0.1) is 0 Å². The lowest BCUT2D eigenvalue weighted by atomic mass is 9.76. The van der Waals surface area contributed by atoms with Crippen LogP contribution >= 0.6 is 11.6 Å². The number of ether oxygens (including phenoxy) is 2. The first-order chi connectivity index (χ1) is 17.4. The number of halogens is 1. The van der Waals surface area contributed by atoms with Gasteiger partial charge in [-0.05, 0) is 47.5 Å². The monoisotopic (exact) mass is 504 g/mol. The molecule has 0 saturated carbocycles. The Hall–Kier alpha value is -3.68. The molecule has 2 saturated heterocycles. The summed E-state index contributed by atoms with van der Waals surface area (Å²) in [6, 6.07) is 22.6. The van der Waals surface area contributed by atoms with Crippen LogP contribution in [0.1, 0.15) is 17.2 Å². The average molecular weight is 505 g/mol. The second-order valence-corrected chi connectivity index (χ2v) is 9.45. The zero-order chi connectivity index (χ0) is 25.4. The predicted molar refractivity (Wildman–Crippen MR) is 135 cm³/mol. The molecule has 0 unspecified atom stereocenters. The molecule has 2 aliphatic heterocycles. The van der Waals surface area contributed by atoms with Crippen LogP contribution in [0.4, 0.5) is 5.69 Å². The van der Waals surface area contributed by atoms with Gasteiger partial charge in [-0.3, -0.25) is 19.7 Å². The number of carbonyl (C=O) groups excluding carboxylic acids is 3. The Morgan fingerprint density at radius 1 is 0.944 bits per heavy atom. The summed E-state index contributed by atoms with van der Waals surface area (Å²) in [5, 5.41) is 3.89. The molecule has 5 rings (SSSR count). The van der Waals surface area contributed by atoms with E-state index in [4.69, 9.17) is 21.1 Å². The van der Waals surface area contributed by atoms with Gasteiger partial charge in [0, 0.05) is 17.5 Å². The molecule has 2 heterocycles. The molecule has 8 heteroatoms. The van der Waals surface area contributed by atoms with Crippen molar-refractivity contribution < 1.29 is 23.9 Å². The first kappa shape index (κ1) is 24.0. The molecule has 2 amide bonds. The Labute approximate surface area is 214 Å². The van der Waals surface area contributed by atoms with Crippen molar-refractivity contribution in [2.45, 2.75) is 18.0 Å². The number of hydrogen-bond acceptors (Lipinski definition) is 6. The van der Waals surface area contributed by atoms with E-state index in [1.807, 2.05) is 42.5 Å². The molecule has 0 aliphatic carbocycles. The maximum absolute atomic E-state index is 14.0. The number of nitrogens with one attached hydrogen (secondary N) is 1. The Morgan fingerprint density at radius 3 is 2.22 bits per heavy atom. The van der Waals surface area contributed by atoms with Gasteiger partial charge < -0.3 is 9.47 Å². The summed E-state index contributed by atoms with van der Waals surface area (Å²) in [6.45, 7) is 0. The largest absolute Gasteiger partial charge is 0.497 e. The van der Waals surface area contributed by atoms with Crippen LogP contribution in [0.2, 0.25) is 5.02 Å². The Kier molecular flexibility index (Phi) is 6.28. The highest BCUT2D eigenvalue weighted by Gasteiger charge is 2.68. The summed E-state index contributed by atoms with van der Waals surface area (Å²) in [7, 11) is 2.87. The number of rotatable bonds is 6. The van der Waals surface area contributed by atoms with E-state index >= 15 is 0 Å². The molecular formula is C28H25ClN2O5. The number of anilines is 1. The number of hydrogen-bond donors (Lipinski definition) is 1. The molecule has 3 aromatic rings. The molecule has 7 nitrogen and oxygen atoms in total. The Morgan fingerprint density at radius 2 is 1.61 bits per heavy atom. The topological polar surface area (TPSA) is 84.9 Å². The molecule has 0 spiro atoms. The van der Waals surface area contributed by atoms with Crippen molar-refractivity contribution >= 4 is 35.1 Å². The third kappa shape index (κ3) is 3.85. The number of carbonyl (C=O) groups is 3. The summed E-state index contributed by atoms with van der Waals surface area (Å²) in [5.41, 5.74) is 0.577. The molecule has 4 atom stereocenters. The normalized spacial score (nSPS) is 25.1. The zero-order valence-electron chi connectivity index (χ0n) is 19.8. The van der Waals surface area contributed by atoms with Gasteiger partial charge in [-0.1, -0.05) is 54.1 Å². The molecule has 0 radical (unpaired) electrons. The fourth-order valence-electron chi connectivity index (χ4n) is 5.47. The second-order valence-electron chi connectivity index (χ2n) is 9.01. The predicted octanol–water partition coefficient (Wildman–Crippen LogP) is 3.95. The summed E-state index contributed by atoms with van der Waals surface area (Å²) in [5.74, 6) is -2.54. The van der Waals surface area contributed by atoms with Gasteiger partial charge in [0.2, 0.25) is 11.8 Å². The van der Waals surface area contributed by atoms with Crippen molar-refractivity contribution in [3.05, 3.63) is 95.0 Å². The summed E-state index contributed by atoms with van der Waals surface area (Å²) < 4.78 is 10.5. The van der Waals surface area contributed by atoms with E-state index in [0.717, 1.165) is 11.1 Å². The molecule has 1 N–H and O–H groups in total. The van der Waals surface area contributed by atoms with Crippen molar-refractivity contribution in [3.63, 3.8) is 0 Å². The minimum absolute atomic E-state index is 0.182. The maximum atomic E-state index is 14.0. The number of amides is 2. The minimum atomic E-state index is -1.45. The third-order valence-electron chi connectivity index (χ3n) is 7.09. The van der Waals surface area contributed by atoms with E-state index in [9.17, 15) is 14.4 Å². The van der Waals surface area contributed by atoms with Crippen molar-refractivity contribution in [1.82, 2.24) is 5.32 Å². The van der Waals surface area contributed by atoms with E-state index in [0.29, 0.717) is 16.5 Å². The molecule has 3 aromatic carbocycles. The van der Waals surface area contributed by atoms with Crippen LogP contribution in [0.15, 0.2) is 78.9 Å². The molecule has 0 bridgehead atoms. The molecule has 2 aliphatic rings. The summed E-state index contributed by atoms with van der Waals surface area (Å²) >= 11 is 6.04. The van der Waals surface area contributed by atoms with Gasteiger partial charge in [0.1, 0.15) is 11.3 Å². The number of fused-ring (bicyclic) bond motifs is 1. The Bertz CT molecular complexity index is 1300. The van der Waals surface area contributed by atoms with Gasteiger partial charge in [-0.25, -0.2) is 4.90 Å². The highest BCUT2D eigenvalue weighted by molar-refractivity contribution is 6.31. The number of benzene rings is 3. The van der Waals surface area contributed by atoms with Crippen LogP contribution in [-0.4, -0.2) is 37.5 Å². The molecule has 0 aromatic heterocycles. The van der Waals surface area contributed by atoms with Crippen molar-refractivity contribution in [2.24, 2.45) is 11.8 Å². The summed E-state index contributed by atoms with van der Waals surface area (Å²) in [6.07, 6.45) is 0.182. The SMILES string of the molecule is COC(=O)[C@@]1(Cc2ccccc2)N[C@@H](c2ccc(OC)cc2)[C@H]2C(=O)N(c3ccc(Cl)cc3)C(=O)[C@H]21. The van der Waals surface area contributed by atoms with E-state index in [1.54, 1.807) is 43.5 Å². The first-order valence-corrected chi connectivity index (χ1v) is 11.9. The van der Waals surface area contributed by atoms with Gasteiger partial charge in [-0.2, -0.15) is 0 Å². The van der Waals surface area contributed by atoms with E-state index in [2.05, 4.69) is 5.32 Å². The van der Waals surface area contributed by atoms with Gasteiger partial charge in [0.05, 0.1) is 31.7 Å². The van der Waals surface area contributed by atoms with E-state index in [1.165, 1.54) is 12.0 Å². The van der Waals surface area contributed by atoms with Crippen molar-refractivity contribution in [1.29, 1.82) is 0 Å². The Balaban J connectivity index is 1.66. The molecule has 184 valence electrons. The number of nitrogens with zero attached hydrogens (tertiary/aromatic N) is 1. The highest BCUT2D eigenvalue weighted by atomic mass is 35.5. The van der Waals surface area contributed by atoms with Crippen LogP contribution in [0.5, 0.6) is 5.75 Å². The lowest BCUT2D eigenvalue weighted by Gasteiger charge is -2.32. The van der Waals surface area contributed by atoms with Crippen molar-refractivity contribution in [3.8, 4) is 5.75 Å². The standard InChI is InChI=1S/C28H25ClN2O5/c1-35-21-14-8-18(9-15-21)24-22-23(26(33)31(25(22)32)20-12-10-19(29)11-13-20)28(30-24,27(34)36-2)16-17-6-4-3-5-7-17/h3-15,22-24,30H,16H2,1-2H3/t22-,23-,24-,28-/m0/s1. The number of esters is 1. The number of imide groups is 1. The molecular weight excluding hydrogens is 480 g/mol. The highest BCUT2D eigenvalue weighted by Crippen LogP contribution is 2.51. The molecule has 36 heavy (non-hydrogen) atoms. The van der Waals surface area contributed by atoms with E-state index < -0.39 is 35.3 Å². The van der Waals surface area contributed by atoms with Crippen LogP contribution in [0, 0.1) is 11.8 Å².